The normalized spacial score (nSPS) is 18.2. The van der Waals surface area contributed by atoms with Crippen LogP contribution in [0.5, 0.6) is 11.5 Å². The van der Waals surface area contributed by atoms with Gasteiger partial charge in [0.05, 0.1) is 19.3 Å². The van der Waals surface area contributed by atoms with E-state index in [1.807, 2.05) is 33.0 Å². The van der Waals surface area contributed by atoms with Crippen molar-refractivity contribution in [2.45, 2.75) is 39.8 Å². The van der Waals surface area contributed by atoms with Crippen LogP contribution < -0.4 is 20.1 Å². The molecule has 0 amide bonds. The molecule has 0 saturated carbocycles. The van der Waals surface area contributed by atoms with E-state index in [0.717, 1.165) is 55.7 Å². The standard InChI is InChI=1S/C22H39N5O2/c1-7-28-20-10-9-19(15-21(20)29-8-2)18(4)25-22(23-5)24-16-17(3)27-13-11-26(6)12-14-27/h9-10,15,17-18H,7-8,11-14,16H2,1-6H3,(H2,23,24,25). The second kappa shape index (κ2) is 11.9. The largest absolute Gasteiger partial charge is 0.490 e. The lowest BCUT2D eigenvalue weighted by Crippen LogP contribution is -2.52. The molecule has 164 valence electrons. The van der Waals surface area contributed by atoms with Crippen molar-refractivity contribution in [2.24, 2.45) is 4.99 Å². The number of ether oxygens (including phenoxy) is 2. The number of benzene rings is 1. The van der Waals surface area contributed by atoms with Gasteiger partial charge in [0.15, 0.2) is 17.5 Å². The van der Waals surface area contributed by atoms with Crippen LogP contribution >= 0.6 is 0 Å². The highest BCUT2D eigenvalue weighted by Gasteiger charge is 2.19. The van der Waals surface area contributed by atoms with Crippen LogP contribution in [-0.2, 0) is 0 Å². The zero-order valence-electron chi connectivity index (χ0n) is 19.0. The van der Waals surface area contributed by atoms with Crippen molar-refractivity contribution in [3.8, 4) is 11.5 Å². The molecule has 1 aliphatic rings. The summed E-state index contributed by atoms with van der Waals surface area (Å²) in [5, 5.41) is 6.96. The number of hydrogen-bond donors (Lipinski definition) is 2. The predicted molar refractivity (Wildman–Crippen MR) is 120 cm³/mol. The lowest BCUT2D eigenvalue weighted by Gasteiger charge is -2.36. The third-order valence-corrected chi connectivity index (χ3v) is 5.37. The molecule has 1 aliphatic heterocycles. The summed E-state index contributed by atoms with van der Waals surface area (Å²) in [6.45, 7) is 15.0. The Morgan fingerprint density at radius 1 is 1.07 bits per heavy atom. The lowest BCUT2D eigenvalue weighted by atomic mass is 10.1. The second-order valence-corrected chi connectivity index (χ2v) is 7.58. The molecule has 2 N–H and O–H groups in total. The van der Waals surface area contributed by atoms with E-state index >= 15 is 0 Å². The topological polar surface area (TPSA) is 61.4 Å². The fraction of sp³-hybridized carbons (Fsp3) is 0.682. The third-order valence-electron chi connectivity index (χ3n) is 5.37. The highest BCUT2D eigenvalue weighted by Crippen LogP contribution is 2.30. The first kappa shape index (κ1) is 23.3. The molecule has 0 aromatic heterocycles. The van der Waals surface area contributed by atoms with Crippen molar-refractivity contribution in [3.63, 3.8) is 0 Å². The molecule has 2 unspecified atom stereocenters. The molecule has 7 heteroatoms. The van der Waals surface area contributed by atoms with Gasteiger partial charge in [0.25, 0.3) is 0 Å². The van der Waals surface area contributed by atoms with Crippen LogP contribution in [0.1, 0.15) is 39.3 Å². The van der Waals surface area contributed by atoms with Crippen LogP contribution in [-0.4, -0.2) is 81.8 Å². The van der Waals surface area contributed by atoms with Gasteiger partial charge in [-0.3, -0.25) is 9.89 Å². The number of rotatable bonds is 9. The maximum absolute atomic E-state index is 5.76. The summed E-state index contributed by atoms with van der Waals surface area (Å²) in [5.41, 5.74) is 1.13. The van der Waals surface area contributed by atoms with Crippen molar-refractivity contribution >= 4 is 5.96 Å². The molecule has 1 saturated heterocycles. The number of hydrogen-bond acceptors (Lipinski definition) is 5. The van der Waals surface area contributed by atoms with Crippen LogP contribution in [0.4, 0.5) is 0 Å². The van der Waals surface area contributed by atoms with Gasteiger partial charge in [-0.25, -0.2) is 0 Å². The Bertz CT molecular complexity index is 644. The summed E-state index contributed by atoms with van der Waals surface area (Å²) in [4.78, 5) is 9.31. The quantitative estimate of drug-likeness (QED) is 0.486. The second-order valence-electron chi connectivity index (χ2n) is 7.58. The minimum Gasteiger partial charge on any atom is -0.490 e. The van der Waals surface area contributed by atoms with E-state index in [4.69, 9.17) is 9.47 Å². The van der Waals surface area contributed by atoms with Gasteiger partial charge in [-0.2, -0.15) is 0 Å². The minimum absolute atomic E-state index is 0.0926. The maximum atomic E-state index is 5.76. The van der Waals surface area contributed by atoms with E-state index in [1.165, 1.54) is 0 Å². The van der Waals surface area contributed by atoms with Crippen LogP contribution in [0.25, 0.3) is 0 Å². The number of piperazine rings is 1. The summed E-state index contributed by atoms with van der Waals surface area (Å²) in [5.74, 6) is 2.38. The number of aliphatic imine (C=N–C) groups is 1. The molecule has 29 heavy (non-hydrogen) atoms. The summed E-state index contributed by atoms with van der Waals surface area (Å²) < 4.78 is 11.4. The first-order valence-electron chi connectivity index (χ1n) is 10.8. The smallest absolute Gasteiger partial charge is 0.191 e. The van der Waals surface area contributed by atoms with Crippen molar-refractivity contribution in [3.05, 3.63) is 23.8 Å². The molecular formula is C22H39N5O2. The molecule has 0 radical (unpaired) electrons. The Morgan fingerprint density at radius 2 is 1.72 bits per heavy atom. The molecule has 1 fully saturated rings. The first-order chi connectivity index (χ1) is 14.0. The highest BCUT2D eigenvalue weighted by atomic mass is 16.5. The fourth-order valence-electron chi connectivity index (χ4n) is 3.46. The molecule has 1 aromatic rings. The summed E-state index contributed by atoms with van der Waals surface area (Å²) in [6.07, 6.45) is 0. The van der Waals surface area contributed by atoms with E-state index in [0.29, 0.717) is 19.3 Å². The van der Waals surface area contributed by atoms with Gasteiger partial charge in [0.2, 0.25) is 0 Å². The zero-order chi connectivity index (χ0) is 21.2. The summed E-state index contributed by atoms with van der Waals surface area (Å²) in [6, 6.07) is 6.66. The summed E-state index contributed by atoms with van der Waals surface area (Å²) in [7, 11) is 4.00. The molecular weight excluding hydrogens is 366 g/mol. The van der Waals surface area contributed by atoms with Crippen molar-refractivity contribution < 1.29 is 9.47 Å². The molecule has 0 spiro atoms. The van der Waals surface area contributed by atoms with Crippen LogP contribution in [0.3, 0.4) is 0 Å². The van der Waals surface area contributed by atoms with E-state index in [-0.39, 0.29) is 6.04 Å². The van der Waals surface area contributed by atoms with Crippen LogP contribution in [0, 0.1) is 0 Å². The number of nitrogens with one attached hydrogen (secondary N) is 2. The Morgan fingerprint density at radius 3 is 2.34 bits per heavy atom. The van der Waals surface area contributed by atoms with Gasteiger partial charge in [0.1, 0.15) is 0 Å². The summed E-state index contributed by atoms with van der Waals surface area (Å²) >= 11 is 0. The molecule has 2 rings (SSSR count). The number of nitrogens with zero attached hydrogens (tertiary/aromatic N) is 3. The average Bonchev–Trinajstić information content (AvgIpc) is 2.72. The van der Waals surface area contributed by atoms with Gasteiger partial charge in [-0.15, -0.1) is 0 Å². The molecule has 2 atom stereocenters. The van der Waals surface area contributed by atoms with Gasteiger partial charge in [-0.05, 0) is 52.4 Å². The van der Waals surface area contributed by atoms with Gasteiger partial charge < -0.3 is 25.0 Å². The van der Waals surface area contributed by atoms with Gasteiger partial charge >= 0.3 is 0 Å². The Kier molecular flexibility index (Phi) is 9.54. The Balaban J connectivity index is 1.92. The number of likely N-dealkylation sites (N-methyl/N-ethyl adjacent to an activating group) is 1. The third kappa shape index (κ3) is 7.08. The Hall–Kier alpha value is -1.99. The molecule has 1 heterocycles. The zero-order valence-corrected chi connectivity index (χ0v) is 19.0. The molecule has 1 aromatic carbocycles. The van der Waals surface area contributed by atoms with E-state index in [9.17, 15) is 0 Å². The minimum atomic E-state index is 0.0926. The highest BCUT2D eigenvalue weighted by molar-refractivity contribution is 5.80. The average molecular weight is 406 g/mol. The van der Waals surface area contributed by atoms with Crippen LogP contribution in [0.15, 0.2) is 23.2 Å². The van der Waals surface area contributed by atoms with Crippen molar-refractivity contribution in [1.82, 2.24) is 20.4 Å². The van der Waals surface area contributed by atoms with Crippen molar-refractivity contribution in [1.29, 1.82) is 0 Å². The Labute approximate surface area is 176 Å². The van der Waals surface area contributed by atoms with Gasteiger partial charge in [-0.1, -0.05) is 6.07 Å². The van der Waals surface area contributed by atoms with Gasteiger partial charge in [0, 0.05) is 45.8 Å². The number of guanidine groups is 1. The van der Waals surface area contributed by atoms with E-state index in [1.54, 1.807) is 0 Å². The predicted octanol–water partition coefficient (Wildman–Crippen LogP) is 2.35. The van der Waals surface area contributed by atoms with Crippen molar-refractivity contribution in [2.75, 3.05) is 60.0 Å². The SMILES string of the molecule is CCOc1ccc(C(C)NC(=NC)NCC(C)N2CCN(C)CC2)cc1OCC. The molecule has 0 bridgehead atoms. The first-order valence-corrected chi connectivity index (χ1v) is 10.8. The maximum Gasteiger partial charge on any atom is 0.191 e. The lowest BCUT2D eigenvalue weighted by molar-refractivity contribution is 0.120. The monoisotopic (exact) mass is 405 g/mol. The van der Waals surface area contributed by atoms with E-state index in [2.05, 4.69) is 52.4 Å². The fourth-order valence-corrected chi connectivity index (χ4v) is 3.46. The molecule has 0 aliphatic carbocycles. The van der Waals surface area contributed by atoms with Crippen LogP contribution in [0.2, 0.25) is 0 Å². The molecule has 7 nitrogen and oxygen atoms in total. The van der Waals surface area contributed by atoms with E-state index < -0.39 is 0 Å².